The van der Waals surface area contributed by atoms with Gasteiger partial charge in [-0.25, -0.2) is 9.97 Å². The van der Waals surface area contributed by atoms with Gasteiger partial charge in [-0.05, 0) is 17.7 Å². The van der Waals surface area contributed by atoms with Gasteiger partial charge in [-0.15, -0.1) is 0 Å². The van der Waals surface area contributed by atoms with Crippen molar-refractivity contribution in [3.05, 3.63) is 72.2 Å². The Morgan fingerprint density at radius 2 is 1.86 bits per heavy atom. The fourth-order valence-corrected chi connectivity index (χ4v) is 2.53. The van der Waals surface area contributed by atoms with Crippen LogP contribution in [0, 0.1) is 0 Å². The first-order valence-corrected chi connectivity index (χ1v) is 8.27. The zero-order chi connectivity index (χ0) is 20.1. The summed E-state index contributed by atoms with van der Waals surface area (Å²) in [7, 11) is 1.51. The summed E-state index contributed by atoms with van der Waals surface area (Å²) >= 11 is 0. The van der Waals surface area contributed by atoms with Crippen LogP contribution in [-0.4, -0.2) is 27.9 Å². The molecular formula is C19H16F3N5O. The second-order valence-corrected chi connectivity index (χ2v) is 5.83. The normalized spacial score (nSPS) is 12.3. The fourth-order valence-electron chi connectivity index (χ4n) is 2.53. The highest BCUT2D eigenvalue weighted by atomic mass is 19.4. The van der Waals surface area contributed by atoms with Gasteiger partial charge in [0.1, 0.15) is 11.9 Å². The van der Waals surface area contributed by atoms with Crippen LogP contribution in [0.5, 0.6) is 0 Å². The molecule has 28 heavy (non-hydrogen) atoms. The summed E-state index contributed by atoms with van der Waals surface area (Å²) in [6.45, 7) is 0. The number of carbonyl (C=O) groups excluding carboxylic acids is 1. The Kier molecular flexibility index (Phi) is 5.53. The molecule has 0 aliphatic heterocycles. The molecule has 1 unspecified atom stereocenters. The number of anilines is 1. The molecule has 2 heterocycles. The molecule has 3 rings (SSSR count). The molecular weight excluding hydrogens is 371 g/mol. The fraction of sp³-hybridized carbons (Fsp3) is 0.158. The molecule has 0 aliphatic rings. The predicted octanol–water partition coefficient (Wildman–Crippen LogP) is 3.46. The van der Waals surface area contributed by atoms with Crippen molar-refractivity contribution in [2.75, 3.05) is 12.4 Å². The van der Waals surface area contributed by atoms with E-state index in [9.17, 15) is 18.0 Å². The summed E-state index contributed by atoms with van der Waals surface area (Å²) in [6.07, 6.45) is -1.13. The number of hydrogen-bond acceptors (Lipinski definition) is 5. The maximum Gasteiger partial charge on any atom is 0.417 e. The van der Waals surface area contributed by atoms with E-state index in [1.165, 1.54) is 25.5 Å². The van der Waals surface area contributed by atoms with E-state index in [0.717, 1.165) is 12.3 Å². The van der Waals surface area contributed by atoms with Gasteiger partial charge >= 0.3 is 6.18 Å². The molecule has 9 heteroatoms. The second kappa shape index (κ2) is 8.03. The van der Waals surface area contributed by atoms with Gasteiger partial charge in [0.05, 0.1) is 5.56 Å². The average Bonchev–Trinajstić information content (AvgIpc) is 2.72. The van der Waals surface area contributed by atoms with E-state index in [-0.39, 0.29) is 17.3 Å². The largest absolute Gasteiger partial charge is 0.417 e. The highest BCUT2D eigenvalue weighted by Crippen LogP contribution is 2.31. The topological polar surface area (TPSA) is 79.8 Å². The van der Waals surface area contributed by atoms with Gasteiger partial charge in [-0.1, -0.05) is 30.3 Å². The lowest BCUT2D eigenvalue weighted by atomic mass is 10.1. The third-order valence-electron chi connectivity index (χ3n) is 3.91. The van der Waals surface area contributed by atoms with Gasteiger partial charge in [0.2, 0.25) is 5.91 Å². The molecule has 2 aromatic heterocycles. The van der Waals surface area contributed by atoms with Crippen LogP contribution < -0.4 is 10.6 Å². The van der Waals surface area contributed by atoms with E-state index in [2.05, 4.69) is 25.6 Å². The molecule has 0 radical (unpaired) electrons. The number of nitrogens with zero attached hydrogens (tertiary/aromatic N) is 3. The number of pyridine rings is 1. The molecule has 0 saturated heterocycles. The molecule has 0 saturated carbocycles. The van der Waals surface area contributed by atoms with Crippen LogP contribution in [-0.2, 0) is 11.0 Å². The molecule has 0 bridgehead atoms. The Labute approximate surface area is 158 Å². The minimum absolute atomic E-state index is 0.0623. The zero-order valence-corrected chi connectivity index (χ0v) is 14.7. The van der Waals surface area contributed by atoms with Gasteiger partial charge in [-0.2, -0.15) is 13.2 Å². The van der Waals surface area contributed by atoms with Crippen molar-refractivity contribution < 1.29 is 18.0 Å². The summed E-state index contributed by atoms with van der Waals surface area (Å²) < 4.78 is 38.7. The molecule has 1 aromatic carbocycles. The average molecular weight is 387 g/mol. The van der Waals surface area contributed by atoms with Crippen LogP contribution >= 0.6 is 0 Å². The minimum Gasteiger partial charge on any atom is -0.357 e. The van der Waals surface area contributed by atoms with Gasteiger partial charge in [0, 0.05) is 31.2 Å². The number of likely N-dealkylation sites (N-methyl/N-ethyl adjacent to an activating group) is 1. The van der Waals surface area contributed by atoms with Gasteiger partial charge < -0.3 is 10.6 Å². The standard InChI is InChI=1S/C19H16F3N5O/c1-23-18(28)16(12-5-3-2-4-6-12)26-15-7-8-25-17(27-15)13-9-14(11-24-10-13)19(20,21)22/h2-11,16H,1H3,(H,23,28)(H,25,26,27). The van der Waals surface area contributed by atoms with Crippen molar-refractivity contribution in [3.63, 3.8) is 0 Å². The number of nitrogens with one attached hydrogen (secondary N) is 2. The van der Waals surface area contributed by atoms with Gasteiger partial charge in [0.15, 0.2) is 5.82 Å². The monoisotopic (exact) mass is 387 g/mol. The second-order valence-electron chi connectivity index (χ2n) is 5.83. The van der Waals surface area contributed by atoms with E-state index < -0.39 is 17.8 Å². The quantitative estimate of drug-likeness (QED) is 0.701. The van der Waals surface area contributed by atoms with Gasteiger partial charge in [-0.3, -0.25) is 9.78 Å². The summed E-state index contributed by atoms with van der Waals surface area (Å²) in [5.41, 5.74) is -0.0584. The number of halogens is 3. The minimum atomic E-state index is -4.52. The van der Waals surface area contributed by atoms with Gasteiger partial charge in [0.25, 0.3) is 0 Å². The van der Waals surface area contributed by atoms with Crippen molar-refractivity contribution in [3.8, 4) is 11.4 Å². The highest BCUT2D eigenvalue weighted by molar-refractivity contribution is 5.85. The lowest BCUT2D eigenvalue weighted by Gasteiger charge is -2.18. The first kappa shape index (κ1) is 19.3. The maximum atomic E-state index is 12.9. The van der Waals surface area contributed by atoms with Crippen molar-refractivity contribution in [1.29, 1.82) is 0 Å². The highest BCUT2D eigenvalue weighted by Gasteiger charge is 2.31. The molecule has 1 amide bonds. The lowest BCUT2D eigenvalue weighted by Crippen LogP contribution is -2.31. The Hall–Kier alpha value is -3.49. The first-order valence-electron chi connectivity index (χ1n) is 8.27. The van der Waals surface area contributed by atoms with Crippen LogP contribution in [0.1, 0.15) is 17.2 Å². The molecule has 0 aliphatic carbocycles. The number of hydrogen-bond donors (Lipinski definition) is 2. The van der Waals surface area contributed by atoms with E-state index in [0.29, 0.717) is 11.4 Å². The number of carbonyl (C=O) groups is 1. The summed E-state index contributed by atoms with van der Waals surface area (Å²) in [4.78, 5) is 24.2. The summed E-state index contributed by atoms with van der Waals surface area (Å²) in [5, 5.41) is 5.57. The number of alkyl halides is 3. The van der Waals surface area contributed by atoms with Crippen LogP contribution in [0.2, 0.25) is 0 Å². The van der Waals surface area contributed by atoms with Crippen LogP contribution in [0.25, 0.3) is 11.4 Å². The van der Waals surface area contributed by atoms with Crippen LogP contribution in [0.3, 0.4) is 0 Å². The van der Waals surface area contributed by atoms with E-state index in [4.69, 9.17) is 0 Å². The van der Waals surface area contributed by atoms with Crippen LogP contribution in [0.4, 0.5) is 19.0 Å². The van der Waals surface area contributed by atoms with Crippen molar-refractivity contribution in [2.45, 2.75) is 12.2 Å². The van der Waals surface area contributed by atoms with E-state index in [1.807, 2.05) is 6.07 Å². The SMILES string of the molecule is CNC(=O)C(Nc1ccnc(-c2cncc(C(F)(F)F)c2)n1)c1ccccc1. The Bertz CT molecular complexity index is 963. The first-order chi connectivity index (χ1) is 13.4. The van der Waals surface area contributed by atoms with E-state index in [1.54, 1.807) is 24.3 Å². The predicted molar refractivity (Wildman–Crippen MR) is 97.1 cm³/mol. The Morgan fingerprint density at radius 3 is 2.54 bits per heavy atom. The summed E-state index contributed by atoms with van der Waals surface area (Å²) in [6, 6.07) is 10.7. The lowest BCUT2D eigenvalue weighted by molar-refractivity contribution is -0.137. The van der Waals surface area contributed by atoms with Crippen molar-refractivity contribution in [1.82, 2.24) is 20.3 Å². The number of rotatable bonds is 5. The Balaban J connectivity index is 1.92. The van der Waals surface area contributed by atoms with Crippen LogP contribution in [0.15, 0.2) is 61.1 Å². The van der Waals surface area contributed by atoms with E-state index >= 15 is 0 Å². The molecule has 1 atom stereocenters. The summed E-state index contributed by atoms with van der Waals surface area (Å²) in [5.74, 6) is 0.0688. The molecule has 144 valence electrons. The zero-order valence-electron chi connectivity index (χ0n) is 14.7. The van der Waals surface area contributed by atoms with Crippen molar-refractivity contribution in [2.24, 2.45) is 0 Å². The molecule has 3 aromatic rings. The number of aromatic nitrogens is 3. The third-order valence-corrected chi connectivity index (χ3v) is 3.91. The number of amides is 1. The van der Waals surface area contributed by atoms with Crippen molar-refractivity contribution >= 4 is 11.7 Å². The molecule has 2 N–H and O–H groups in total. The Morgan fingerprint density at radius 1 is 1.11 bits per heavy atom. The molecule has 0 fully saturated rings. The third kappa shape index (κ3) is 4.43. The number of benzene rings is 1. The molecule has 6 nitrogen and oxygen atoms in total. The maximum absolute atomic E-state index is 12.9. The smallest absolute Gasteiger partial charge is 0.357 e. The molecule has 0 spiro atoms.